The van der Waals surface area contributed by atoms with Gasteiger partial charge in [0.05, 0.1) is 13.2 Å². The molecule has 0 bridgehead atoms. The van der Waals surface area contributed by atoms with Crippen LogP contribution in [0.15, 0.2) is 146 Å². The van der Waals surface area contributed by atoms with E-state index < -0.39 is 0 Å². The topological polar surface area (TPSA) is 58.9 Å². The molecule has 0 radical (unpaired) electrons. The number of hydrogen-bond acceptors (Lipinski definition) is 4. The Morgan fingerprint density at radius 1 is 0.348 bits per heavy atom. The summed E-state index contributed by atoms with van der Waals surface area (Å²) in [6.07, 6.45) is 0. The Labute approximate surface area is 268 Å². The minimum Gasteiger partial charge on any atom is -0.491 e. The zero-order valence-corrected chi connectivity index (χ0v) is 25.4. The summed E-state index contributed by atoms with van der Waals surface area (Å²) in [7, 11) is 0. The number of rotatable bonds is 10. The molecule has 0 aliphatic carbocycles. The molecule has 7 aromatic carbocycles. The maximum atomic E-state index is 9.69. The number of ether oxygens (including phenoxy) is 2. The van der Waals surface area contributed by atoms with Gasteiger partial charge in [-0.05, 0) is 91.3 Å². The average Bonchev–Trinajstić information content (AvgIpc) is 3.12. The van der Waals surface area contributed by atoms with E-state index >= 15 is 0 Å². The quantitative estimate of drug-likeness (QED) is 0.164. The van der Waals surface area contributed by atoms with E-state index in [1.165, 1.54) is 21.5 Å². The van der Waals surface area contributed by atoms with Gasteiger partial charge in [-0.1, -0.05) is 109 Å². The maximum Gasteiger partial charge on any atom is 0.128 e. The van der Waals surface area contributed by atoms with Crippen LogP contribution >= 0.6 is 0 Å². The van der Waals surface area contributed by atoms with Crippen LogP contribution < -0.4 is 9.47 Å². The van der Waals surface area contributed by atoms with Crippen molar-refractivity contribution in [3.05, 3.63) is 146 Å². The van der Waals surface area contributed by atoms with Gasteiger partial charge in [-0.3, -0.25) is 0 Å². The highest BCUT2D eigenvalue weighted by Crippen LogP contribution is 2.43. The van der Waals surface area contributed by atoms with E-state index in [1.54, 1.807) is 0 Å². The highest BCUT2D eigenvalue weighted by atomic mass is 16.5. The summed E-state index contributed by atoms with van der Waals surface area (Å²) >= 11 is 0. The molecule has 0 aliphatic heterocycles. The summed E-state index contributed by atoms with van der Waals surface area (Å²) in [5.41, 5.74) is 8.03. The van der Waals surface area contributed by atoms with Crippen molar-refractivity contribution in [2.24, 2.45) is 0 Å². The van der Waals surface area contributed by atoms with E-state index in [0.717, 1.165) is 44.5 Å². The van der Waals surface area contributed by atoms with Crippen molar-refractivity contribution in [1.29, 1.82) is 0 Å². The molecule has 0 saturated carbocycles. The van der Waals surface area contributed by atoms with Gasteiger partial charge in [0.1, 0.15) is 24.7 Å². The second kappa shape index (κ2) is 13.3. The first kappa shape index (κ1) is 29.3. The summed E-state index contributed by atoms with van der Waals surface area (Å²) in [6, 6.07) is 50.4. The molecule has 0 unspecified atom stereocenters. The van der Waals surface area contributed by atoms with Gasteiger partial charge in [-0.25, -0.2) is 0 Å². The Balaban J connectivity index is 1.32. The van der Waals surface area contributed by atoms with Crippen LogP contribution in [0.2, 0.25) is 0 Å². The third kappa shape index (κ3) is 6.09. The first-order valence-corrected chi connectivity index (χ1v) is 15.5. The monoisotopic (exact) mass is 602 g/mol. The van der Waals surface area contributed by atoms with Crippen molar-refractivity contribution in [3.63, 3.8) is 0 Å². The third-order valence-electron chi connectivity index (χ3n) is 8.29. The molecule has 0 amide bonds. The fraction of sp³-hybridized carbons (Fsp3) is 0.0952. The summed E-state index contributed by atoms with van der Waals surface area (Å²) in [4.78, 5) is 0. The molecular weight excluding hydrogens is 568 g/mol. The highest BCUT2D eigenvalue weighted by molar-refractivity contribution is 5.90. The fourth-order valence-electron chi connectivity index (χ4n) is 6.03. The zero-order chi connectivity index (χ0) is 31.3. The fourth-order valence-corrected chi connectivity index (χ4v) is 6.03. The molecule has 7 rings (SSSR count). The lowest BCUT2D eigenvalue weighted by atomic mass is 9.93. The minimum atomic E-state index is -0.105. The van der Waals surface area contributed by atoms with E-state index in [9.17, 15) is 10.2 Å². The third-order valence-corrected chi connectivity index (χ3v) is 8.29. The Bertz CT molecular complexity index is 1990. The van der Waals surface area contributed by atoms with Gasteiger partial charge in [0, 0.05) is 11.1 Å². The predicted octanol–water partition coefficient (Wildman–Crippen LogP) is 9.40. The van der Waals surface area contributed by atoms with Crippen LogP contribution in [0.1, 0.15) is 0 Å². The van der Waals surface area contributed by atoms with Crippen molar-refractivity contribution in [1.82, 2.24) is 0 Å². The van der Waals surface area contributed by atoms with Crippen molar-refractivity contribution < 1.29 is 19.7 Å². The molecule has 7 aromatic rings. The molecule has 0 fully saturated rings. The molecule has 0 heterocycles. The lowest BCUT2D eigenvalue weighted by molar-refractivity contribution is 0.199. The molecule has 4 nitrogen and oxygen atoms in total. The van der Waals surface area contributed by atoms with Crippen molar-refractivity contribution in [2.45, 2.75) is 0 Å². The Hall–Kier alpha value is -5.42. The Morgan fingerprint density at radius 2 is 0.739 bits per heavy atom. The number of fused-ring (bicyclic) bond motifs is 2. The van der Waals surface area contributed by atoms with Crippen LogP contribution in [0.5, 0.6) is 11.5 Å². The second-order valence-corrected chi connectivity index (χ2v) is 11.3. The lowest BCUT2D eigenvalue weighted by Crippen LogP contribution is -2.06. The van der Waals surface area contributed by atoms with Crippen molar-refractivity contribution in [2.75, 3.05) is 26.4 Å². The Morgan fingerprint density at radius 3 is 1.17 bits per heavy atom. The van der Waals surface area contributed by atoms with Crippen LogP contribution in [0, 0.1) is 0 Å². The summed E-state index contributed by atoms with van der Waals surface area (Å²) in [6.45, 7) is 0.105. The second-order valence-electron chi connectivity index (χ2n) is 11.3. The van der Waals surface area contributed by atoms with Crippen LogP contribution in [0.25, 0.3) is 66.1 Å². The molecule has 0 aliphatic rings. The zero-order valence-electron chi connectivity index (χ0n) is 25.4. The van der Waals surface area contributed by atoms with Crippen LogP contribution in [-0.4, -0.2) is 36.6 Å². The van der Waals surface area contributed by atoms with Crippen molar-refractivity contribution in [3.8, 4) is 56.0 Å². The summed E-state index contributed by atoms with van der Waals surface area (Å²) in [5.74, 6) is 1.29. The van der Waals surface area contributed by atoms with Gasteiger partial charge in [-0.15, -0.1) is 0 Å². The van der Waals surface area contributed by atoms with E-state index in [4.69, 9.17) is 9.47 Å². The molecule has 0 atom stereocenters. The van der Waals surface area contributed by atoms with E-state index in [1.807, 2.05) is 24.3 Å². The molecule has 4 heteroatoms. The SMILES string of the molecule is OCCOc1cc(-c2cccc(-c3ccc4ccccc4c3)c2)c(OCCO)cc1-c1cccc(-c2ccc3ccccc3c2)c1. The number of aliphatic hydroxyl groups is 2. The van der Waals surface area contributed by atoms with Gasteiger partial charge in [0.15, 0.2) is 0 Å². The largest absolute Gasteiger partial charge is 0.491 e. The highest BCUT2D eigenvalue weighted by Gasteiger charge is 2.17. The molecular formula is C42H34O4. The van der Waals surface area contributed by atoms with Gasteiger partial charge < -0.3 is 19.7 Å². The van der Waals surface area contributed by atoms with Crippen LogP contribution in [0.3, 0.4) is 0 Å². The molecule has 0 spiro atoms. The van der Waals surface area contributed by atoms with Gasteiger partial charge in [-0.2, -0.15) is 0 Å². The normalized spacial score (nSPS) is 11.2. The van der Waals surface area contributed by atoms with E-state index in [-0.39, 0.29) is 26.4 Å². The van der Waals surface area contributed by atoms with E-state index in [2.05, 4.69) is 121 Å². The van der Waals surface area contributed by atoms with Crippen molar-refractivity contribution >= 4 is 21.5 Å². The number of hydrogen-bond donors (Lipinski definition) is 2. The maximum absolute atomic E-state index is 9.69. The molecule has 2 N–H and O–H groups in total. The smallest absolute Gasteiger partial charge is 0.128 e. The molecule has 226 valence electrons. The standard InChI is InChI=1S/C42H34O4/c43-19-21-45-41-28-40(38-14-6-12-34(26-38)36-18-16-30-8-2-4-10-32(30)24-36)42(46-22-20-44)27-39(41)37-13-5-11-33(25-37)35-17-15-29-7-1-3-9-31(29)23-35/h1-18,23-28,43-44H,19-22H2. The lowest BCUT2D eigenvalue weighted by Gasteiger charge is -2.19. The van der Waals surface area contributed by atoms with Gasteiger partial charge in [0.25, 0.3) is 0 Å². The first-order chi connectivity index (χ1) is 22.7. The van der Waals surface area contributed by atoms with Gasteiger partial charge in [0.2, 0.25) is 0 Å². The summed E-state index contributed by atoms with van der Waals surface area (Å²) < 4.78 is 12.3. The number of aliphatic hydroxyl groups excluding tert-OH is 2. The van der Waals surface area contributed by atoms with Crippen LogP contribution in [-0.2, 0) is 0 Å². The molecule has 46 heavy (non-hydrogen) atoms. The first-order valence-electron chi connectivity index (χ1n) is 15.5. The molecule has 0 aromatic heterocycles. The average molecular weight is 603 g/mol. The molecule has 0 saturated heterocycles. The Kier molecular flexibility index (Phi) is 8.46. The predicted molar refractivity (Wildman–Crippen MR) is 188 cm³/mol. The minimum absolute atomic E-state index is 0.105. The van der Waals surface area contributed by atoms with E-state index in [0.29, 0.717) is 11.5 Å². The van der Waals surface area contributed by atoms with Gasteiger partial charge >= 0.3 is 0 Å². The number of benzene rings is 7. The summed E-state index contributed by atoms with van der Waals surface area (Å²) in [5, 5.41) is 24.1. The van der Waals surface area contributed by atoms with Crippen LogP contribution in [0.4, 0.5) is 0 Å².